The van der Waals surface area contributed by atoms with Crippen molar-refractivity contribution in [3.05, 3.63) is 69.2 Å². The molecule has 8 nitrogen and oxygen atoms in total. The van der Waals surface area contributed by atoms with Crippen LogP contribution >= 0.6 is 35.4 Å². The molecule has 4 rings (SSSR count). The number of nitrogens with zero attached hydrogens (tertiary/aromatic N) is 3. The topological polar surface area (TPSA) is 90.3 Å². The maximum absolute atomic E-state index is 12.3. The fourth-order valence-electron chi connectivity index (χ4n) is 3.55. The second kappa shape index (κ2) is 10.7. The van der Waals surface area contributed by atoms with E-state index in [0.29, 0.717) is 44.0 Å². The predicted octanol–water partition coefficient (Wildman–Crippen LogP) is 5.55. The highest BCUT2D eigenvalue weighted by Gasteiger charge is 2.13. The summed E-state index contributed by atoms with van der Waals surface area (Å²) in [4.78, 5) is 13.8. The molecule has 1 aromatic heterocycles. The van der Waals surface area contributed by atoms with Gasteiger partial charge in [0, 0.05) is 10.7 Å². The van der Waals surface area contributed by atoms with E-state index >= 15 is 0 Å². The van der Waals surface area contributed by atoms with E-state index in [4.69, 9.17) is 44.9 Å². The monoisotopic (exact) mass is 543 g/mol. The first kappa shape index (κ1) is 25.7. The Kier molecular flexibility index (Phi) is 7.63. The Morgan fingerprint density at radius 2 is 1.67 bits per heavy atom. The highest BCUT2D eigenvalue weighted by molar-refractivity contribution is 7.80. The van der Waals surface area contributed by atoms with E-state index in [9.17, 15) is 4.79 Å². The van der Waals surface area contributed by atoms with Gasteiger partial charge in [0.15, 0.2) is 11.7 Å². The van der Waals surface area contributed by atoms with Gasteiger partial charge in [-0.25, -0.2) is 0 Å². The van der Waals surface area contributed by atoms with Gasteiger partial charge in [-0.15, -0.1) is 10.2 Å². The first-order valence-corrected chi connectivity index (χ1v) is 12.0. The van der Waals surface area contributed by atoms with Crippen LogP contribution in [-0.2, 0) is 4.79 Å². The number of thiocarbonyl (C=S) groups is 1. The van der Waals surface area contributed by atoms with Crippen molar-refractivity contribution in [3.63, 3.8) is 0 Å². The van der Waals surface area contributed by atoms with Gasteiger partial charge in [-0.1, -0.05) is 23.2 Å². The van der Waals surface area contributed by atoms with Gasteiger partial charge in [0.05, 0.1) is 17.8 Å². The number of nitrogens with one attached hydrogen (secondary N) is 2. The number of fused-ring (bicyclic) bond motifs is 1. The molecule has 0 saturated carbocycles. The van der Waals surface area contributed by atoms with Crippen molar-refractivity contribution < 1.29 is 14.3 Å². The highest BCUT2D eigenvalue weighted by atomic mass is 35.5. The third kappa shape index (κ3) is 5.70. The van der Waals surface area contributed by atoms with E-state index < -0.39 is 0 Å². The summed E-state index contributed by atoms with van der Waals surface area (Å²) in [5, 5.41) is 16.0. The number of aromatic nitrogens is 3. The van der Waals surface area contributed by atoms with Gasteiger partial charge in [-0.2, -0.15) is 4.80 Å². The molecular weight excluding hydrogens is 521 g/mol. The van der Waals surface area contributed by atoms with Gasteiger partial charge in [0.25, 0.3) is 5.91 Å². The van der Waals surface area contributed by atoms with Crippen molar-refractivity contribution in [2.75, 3.05) is 19.0 Å². The normalized spacial score (nSPS) is 10.8. The van der Waals surface area contributed by atoms with Gasteiger partial charge in [0.1, 0.15) is 22.5 Å². The Hall–Kier alpha value is -3.40. The number of carbonyl (C=O) groups excluding carboxylic acids is 1. The van der Waals surface area contributed by atoms with Gasteiger partial charge in [0.2, 0.25) is 0 Å². The molecule has 0 saturated heterocycles. The number of hydrogen-bond acceptors (Lipinski definition) is 6. The number of halogens is 2. The molecule has 186 valence electrons. The van der Waals surface area contributed by atoms with Crippen LogP contribution in [0.4, 0.5) is 5.69 Å². The van der Waals surface area contributed by atoms with Crippen LogP contribution in [0, 0.1) is 20.8 Å². The van der Waals surface area contributed by atoms with Crippen molar-refractivity contribution in [3.8, 4) is 17.2 Å². The maximum atomic E-state index is 12.3. The number of benzene rings is 3. The van der Waals surface area contributed by atoms with Crippen LogP contribution < -0.4 is 20.1 Å². The predicted molar refractivity (Wildman–Crippen MR) is 146 cm³/mol. The third-order valence-corrected chi connectivity index (χ3v) is 6.47. The van der Waals surface area contributed by atoms with Crippen molar-refractivity contribution in [2.45, 2.75) is 20.8 Å². The lowest BCUT2D eigenvalue weighted by Gasteiger charge is -2.13. The number of anilines is 1. The molecule has 0 spiro atoms. The summed E-state index contributed by atoms with van der Waals surface area (Å²) in [6.45, 7) is 5.47. The standard InChI is InChI=1S/C25H23Cl2N5O3S/c1-13-9-20-21(31-32(30-20)16-5-6-22(34-4)18(26)10-16)11-19(13)28-25(36)29-23(33)12-35-17-7-14(2)24(27)15(3)8-17/h5-11H,12H2,1-4H3,(H2,28,29,33,36). The lowest BCUT2D eigenvalue weighted by atomic mass is 10.1. The summed E-state index contributed by atoms with van der Waals surface area (Å²) in [6, 6.07) is 12.6. The molecular formula is C25H23Cl2N5O3S. The van der Waals surface area contributed by atoms with Crippen molar-refractivity contribution in [2.24, 2.45) is 0 Å². The Morgan fingerprint density at radius 1 is 1.00 bits per heavy atom. The lowest BCUT2D eigenvalue weighted by molar-refractivity contribution is -0.121. The van der Waals surface area contributed by atoms with Crippen LogP contribution in [0.5, 0.6) is 11.5 Å². The molecule has 36 heavy (non-hydrogen) atoms. The van der Waals surface area contributed by atoms with E-state index in [-0.39, 0.29) is 17.6 Å². The molecule has 0 unspecified atom stereocenters. The van der Waals surface area contributed by atoms with Crippen molar-refractivity contribution >= 4 is 63.2 Å². The Morgan fingerprint density at radius 3 is 2.31 bits per heavy atom. The molecule has 0 aliphatic heterocycles. The van der Waals surface area contributed by atoms with E-state index in [1.54, 1.807) is 31.4 Å². The molecule has 3 aromatic carbocycles. The minimum Gasteiger partial charge on any atom is -0.495 e. The van der Waals surface area contributed by atoms with Crippen LogP contribution in [-0.4, -0.2) is 39.7 Å². The number of methoxy groups -OCH3 is 1. The zero-order chi connectivity index (χ0) is 26.0. The average Bonchev–Trinajstić information content (AvgIpc) is 3.23. The first-order chi connectivity index (χ1) is 17.1. The zero-order valence-corrected chi connectivity index (χ0v) is 22.3. The fraction of sp³-hybridized carbons (Fsp3) is 0.200. The number of ether oxygens (including phenoxy) is 2. The number of amides is 1. The quantitative estimate of drug-likeness (QED) is 0.308. The minimum atomic E-state index is -0.390. The molecule has 0 radical (unpaired) electrons. The van der Waals surface area contributed by atoms with Crippen LogP contribution in [0.15, 0.2) is 42.5 Å². The Bertz CT molecular complexity index is 1470. The molecule has 4 aromatic rings. The minimum absolute atomic E-state index is 0.142. The summed E-state index contributed by atoms with van der Waals surface area (Å²) in [7, 11) is 1.56. The highest BCUT2D eigenvalue weighted by Crippen LogP contribution is 2.28. The van der Waals surface area contributed by atoms with Gasteiger partial charge in [-0.05, 0) is 92.1 Å². The van der Waals surface area contributed by atoms with Gasteiger partial charge >= 0.3 is 0 Å². The largest absolute Gasteiger partial charge is 0.495 e. The molecule has 2 N–H and O–H groups in total. The van der Waals surface area contributed by atoms with Gasteiger partial charge < -0.3 is 14.8 Å². The summed E-state index contributed by atoms with van der Waals surface area (Å²) in [5.74, 6) is 0.739. The molecule has 0 fully saturated rings. The zero-order valence-electron chi connectivity index (χ0n) is 20.0. The molecule has 0 aliphatic carbocycles. The average molecular weight is 544 g/mol. The first-order valence-electron chi connectivity index (χ1n) is 10.9. The number of aryl methyl sites for hydroxylation is 3. The molecule has 0 aliphatic rings. The van der Waals surface area contributed by atoms with E-state index in [1.807, 2.05) is 39.0 Å². The molecule has 0 bridgehead atoms. The van der Waals surface area contributed by atoms with E-state index in [0.717, 1.165) is 16.7 Å². The number of rotatable bonds is 6. The Labute approximate surface area is 223 Å². The molecule has 1 heterocycles. The second-order valence-electron chi connectivity index (χ2n) is 8.13. The van der Waals surface area contributed by atoms with Crippen LogP contribution in [0.25, 0.3) is 16.7 Å². The maximum Gasteiger partial charge on any atom is 0.264 e. The summed E-state index contributed by atoms with van der Waals surface area (Å²) in [5.41, 5.74) is 5.35. The SMILES string of the molecule is COc1ccc(-n2nc3cc(C)c(NC(=S)NC(=O)COc4cc(C)c(Cl)c(C)c4)cc3n2)cc1Cl. The van der Waals surface area contributed by atoms with Crippen molar-refractivity contribution in [1.82, 2.24) is 20.3 Å². The summed E-state index contributed by atoms with van der Waals surface area (Å²) in [6.07, 6.45) is 0. The summed E-state index contributed by atoms with van der Waals surface area (Å²) < 4.78 is 10.8. The van der Waals surface area contributed by atoms with E-state index in [2.05, 4.69) is 20.8 Å². The fourth-order valence-corrected chi connectivity index (χ4v) is 4.14. The van der Waals surface area contributed by atoms with Crippen molar-refractivity contribution in [1.29, 1.82) is 0 Å². The smallest absolute Gasteiger partial charge is 0.264 e. The molecule has 1 amide bonds. The van der Waals surface area contributed by atoms with Crippen LogP contribution in [0.2, 0.25) is 10.0 Å². The second-order valence-corrected chi connectivity index (χ2v) is 9.32. The lowest BCUT2D eigenvalue weighted by Crippen LogP contribution is -2.37. The van der Waals surface area contributed by atoms with Crippen LogP contribution in [0.1, 0.15) is 16.7 Å². The number of carbonyl (C=O) groups is 1. The molecule has 11 heteroatoms. The van der Waals surface area contributed by atoms with Crippen LogP contribution in [0.3, 0.4) is 0 Å². The summed E-state index contributed by atoms with van der Waals surface area (Å²) >= 11 is 17.7. The van der Waals surface area contributed by atoms with Gasteiger partial charge in [-0.3, -0.25) is 10.1 Å². The third-order valence-electron chi connectivity index (χ3n) is 5.37. The Balaban J connectivity index is 1.42. The number of hydrogen-bond donors (Lipinski definition) is 2. The molecule has 0 atom stereocenters. The van der Waals surface area contributed by atoms with E-state index in [1.165, 1.54) is 4.80 Å².